The van der Waals surface area contributed by atoms with E-state index in [1.807, 2.05) is 6.07 Å². The highest BCUT2D eigenvalue weighted by Crippen LogP contribution is 2.59. The molecule has 196 valence electrons. The number of alkyl halides is 3. The van der Waals surface area contributed by atoms with Gasteiger partial charge in [-0.3, -0.25) is 9.69 Å². The zero-order valence-electron chi connectivity index (χ0n) is 19.7. The van der Waals surface area contributed by atoms with E-state index in [1.165, 1.54) is 7.11 Å². The van der Waals surface area contributed by atoms with E-state index in [0.717, 1.165) is 15.5 Å². The van der Waals surface area contributed by atoms with Crippen LogP contribution in [0.2, 0.25) is 0 Å². The van der Waals surface area contributed by atoms with Crippen molar-refractivity contribution in [2.45, 2.75) is 47.8 Å². The molecule has 4 atom stereocenters. The molecule has 2 heterocycles. The Balaban J connectivity index is 1.80. The molecule has 0 spiro atoms. The summed E-state index contributed by atoms with van der Waals surface area (Å²) in [6.07, 6.45) is -0.730. The molecular formula is C23H26Cl3N3O7. The summed E-state index contributed by atoms with van der Waals surface area (Å²) in [5.41, 5.74) is 0.105. The Morgan fingerprint density at radius 2 is 1.81 bits per heavy atom. The van der Waals surface area contributed by atoms with Gasteiger partial charge in [0.2, 0.25) is 11.6 Å². The summed E-state index contributed by atoms with van der Waals surface area (Å²) >= 11 is 17.7. The van der Waals surface area contributed by atoms with Crippen molar-refractivity contribution in [1.82, 2.24) is 15.3 Å². The SMILES string of the molecule is CCOC(=O)[C@@]12[C@@H]3[C@@H](CC[C@]3(C(=O)OC)NN1C(=O)CC(Cl)(Cl)Cl)CN2C(=O)OCc1ccccc1. The highest BCUT2D eigenvalue weighted by molar-refractivity contribution is 6.68. The van der Waals surface area contributed by atoms with E-state index in [9.17, 15) is 19.2 Å². The summed E-state index contributed by atoms with van der Waals surface area (Å²) in [5.74, 6) is -3.60. The number of benzene rings is 1. The molecule has 3 fully saturated rings. The smallest absolute Gasteiger partial charge is 0.412 e. The zero-order valence-corrected chi connectivity index (χ0v) is 21.9. The summed E-state index contributed by atoms with van der Waals surface area (Å²) in [5, 5.41) is 0.914. The van der Waals surface area contributed by atoms with Crippen LogP contribution in [0.25, 0.3) is 0 Å². The first kappa shape index (κ1) is 26.8. The van der Waals surface area contributed by atoms with Crippen LogP contribution in [-0.4, -0.2) is 69.1 Å². The number of hydrogen-bond acceptors (Lipinski definition) is 8. The third-order valence-electron chi connectivity index (χ3n) is 6.98. The molecule has 1 N–H and O–H groups in total. The molecule has 1 aromatic carbocycles. The Morgan fingerprint density at radius 1 is 1.11 bits per heavy atom. The van der Waals surface area contributed by atoms with Crippen molar-refractivity contribution in [1.29, 1.82) is 0 Å². The molecule has 3 aliphatic rings. The first-order valence-corrected chi connectivity index (χ1v) is 12.6. The van der Waals surface area contributed by atoms with E-state index in [1.54, 1.807) is 31.2 Å². The molecule has 13 heteroatoms. The number of amides is 2. The molecule has 2 saturated heterocycles. The van der Waals surface area contributed by atoms with Crippen LogP contribution in [0, 0.1) is 11.8 Å². The Morgan fingerprint density at radius 3 is 2.42 bits per heavy atom. The number of likely N-dealkylation sites (tertiary alicyclic amines) is 1. The number of carbonyl (C=O) groups excluding carboxylic acids is 4. The maximum Gasteiger partial charge on any atom is 0.412 e. The van der Waals surface area contributed by atoms with E-state index in [0.29, 0.717) is 6.42 Å². The van der Waals surface area contributed by atoms with E-state index < -0.39 is 51.3 Å². The number of hydrazine groups is 1. The number of ether oxygens (including phenoxy) is 3. The minimum absolute atomic E-state index is 0.0391. The minimum Gasteiger partial charge on any atom is -0.468 e. The average Bonchev–Trinajstić information content (AvgIpc) is 3.47. The quantitative estimate of drug-likeness (QED) is 0.320. The molecule has 1 saturated carbocycles. The molecule has 1 aliphatic carbocycles. The van der Waals surface area contributed by atoms with E-state index in [2.05, 4.69) is 5.43 Å². The van der Waals surface area contributed by atoms with Gasteiger partial charge < -0.3 is 14.2 Å². The first-order valence-electron chi connectivity index (χ1n) is 11.4. The van der Waals surface area contributed by atoms with Crippen molar-refractivity contribution >= 4 is 58.7 Å². The van der Waals surface area contributed by atoms with Crippen molar-refractivity contribution in [3.05, 3.63) is 35.9 Å². The lowest BCUT2D eigenvalue weighted by Gasteiger charge is -2.41. The van der Waals surface area contributed by atoms with Gasteiger partial charge in [0.15, 0.2) is 3.79 Å². The zero-order chi connectivity index (χ0) is 26.3. The lowest BCUT2D eigenvalue weighted by atomic mass is 9.78. The Labute approximate surface area is 223 Å². The second kappa shape index (κ2) is 9.89. The second-order valence-corrected chi connectivity index (χ2v) is 11.5. The maximum absolute atomic E-state index is 13.7. The normalized spacial score (nSPS) is 28.6. The number of hydrogen-bond donors (Lipinski definition) is 1. The number of methoxy groups -OCH3 is 1. The fourth-order valence-electron chi connectivity index (χ4n) is 5.75. The van der Waals surface area contributed by atoms with E-state index in [-0.39, 0.29) is 32.1 Å². The van der Waals surface area contributed by atoms with Crippen LogP contribution in [0.15, 0.2) is 30.3 Å². The number of nitrogens with one attached hydrogen (secondary N) is 1. The molecule has 36 heavy (non-hydrogen) atoms. The van der Waals surface area contributed by atoms with Gasteiger partial charge in [-0.15, -0.1) is 0 Å². The van der Waals surface area contributed by atoms with Crippen molar-refractivity contribution in [2.75, 3.05) is 20.3 Å². The fraction of sp³-hybridized carbons (Fsp3) is 0.565. The highest BCUT2D eigenvalue weighted by Gasteiger charge is 2.81. The molecule has 0 unspecified atom stereocenters. The van der Waals surface area contributed by atoms with Gasteiger partial charge in [0.25, 0.3) is 0 Å². The number of halogens is 3. The molecule has 10 nitrogen and oxygen atoms in total. The molecule has 1 aromatic rings. The van der Waals surface area contributed by atoms with Gasteiger partial charge in [0.05, 0.1) is 20.1 Å². The monoisotopic (exact) mass is 561 g/mol. The molecule has 4 rings (SSSR count). The third kappa shape index (κ3) is 4.27. The second-order valence-electron chi connectivity index (χ2n) is 8.97. The van der Waals surface area contributed by atoms with Crippen molar-refractivity contribution in [2.24, 2.45) is 11.8 Å². The largest absolute Gasteiger partial charge is 0.468 e. The van der Waals surface area contributed by atoms with Crippen molar-refractivity contribution in [3.8, 4) is 0 Å². The predicted molar refractivity (Wildman–Crippen MR) is 129 cm³/mol. The Bertz CT molecular complexity index is 1050. The minimum atomic E-state index is -2.05. The summed E-state index contributed by atoms with van der Waals surface area (Å²) in [4.78, 5) is 54.9. The van der Waals surface area contributed by atoms with Gasteiger partial charge in [-0.25, -0.2) is 24.8 Å². The lowest BCUT2D eigenvalue weighted by Crippen LogP contribution is -2.67. The molecule has 2 amide bonds. The van der Waals surface area contributed by atoms with Crippen LogP contribution < -0.4 is 5.43 Å². The predicted octanol–water partition coefficient (Wildman–Crippen LogP) is 2.94. The Kier molecular flexibility index (Phi) is 7.36. The number of carbonyl (C=O) groups is 4. The highest BCUT2D eigenvalue weighted by atomic mass is 35.6. The fourth-order valence-corrected chi connectivity index (χ4v) is 6.10. The van der Waals surface area contributed by atoms with E-state index >= 15 is 0 Å². The molecule has 2 aliphatic heterocycles. The summed E-state index contributed by atoms with van der Waals surface area (Å²) in [6, 6.07) is 8.98. The van der Waals surface area contributed by atoms with Crippen LogP contribution >= 0.6 is 34.8 Å². The van der Waals surface area contributed by atoms with Crippen LogP contribution in [-0.2, 0) is 35.2 Å². The van der Waals surface area contributed by atoms with Crippen LogP contribution in [0.4, 0.5) is 4.79 Å². The van der Waals surface area contributed by atoms with Crippen molar-refractivity contribution < 1.29 is 33.4 Å². The Hall–Kier alpha value is -2.27. The van der Waals surface area contributed by atoms with Gasteiger partial charge in [0, 0.05) is 12.5 Å². The molecule has 0 aromatic heterocycles. The summed E-state index contributed by atoms with van der Waals surface area (Å²) < 4.78 is 14.0. The number of nitrogens with zero attached hydrogens (tertiary/aromatic N) is 2. The summed E-state index contributed by atoms with van der Waals surface area (Å²) in [7, 11) is 1.21. The van der Waals surface area contributed by atoms with Gasteiger partial charge in [-0.1, -0.05) is 65.1 Å². The van der Waals surface area contributed by atoms with Gasteiger partial charge in [-0.05, 0) is 31.2 Å². The van der Waals surface area contributed by atoms with Crippen LogP contribution in [0.3, 0.4) is 0 Å². The molecule has 0 bridgehead atoms. The van der Waals surface area contributed by atoms with Gasteiger partial charge in [-0.2, -0.15) is 0 Å². The first-order chi connectivity index (χ1) is 17.0. The van der Waals surface area contributed by atoms with E-state index in [4.69, 9.17) is 49.0 Å². The number of esters is 2. The van der Waals surface area contributed by atoms with Crippen LogP contribution in [0.1, 0.15) is 31.7 Å². The maximum atomic E-state index is 13.7. The topological polar surface area (TPSA) is 114 Å². The van der Waals surface area contributed by atoms with Crippen molar-refractivity contribution in [3.63, 3.8) is 0 Å². The third-order valence-corrected chi connectivity index (χ3v) is 7.38. The molecular weight excluding hydrogens is 537 g/mol. The number of rotatable bonds is 6. The van der Waals surface area contributed by atoms with Gasteiger partial charge >= 0.3 is 18.0 Å². The van der Waals surface area contributed by atoms with Gasteiger partial charge in [0.1, 0.15) is 12.1 Å². The summed E-state index contributed by atoms with van der Waals surface area (Å²) in [6.45, 7) is 1.54. The lowest BCUT2D eigenvalue weighted by molar-refractivity contribution is -0.176. The standard InChI is InChI=1S/C23H26Cl3N3O7/c1-3-35-19(32)23-17-15(12-28(23)20(33)36-13-14-7-5-4-6-8-14)9-10-21(17,18(31)34-2)27-29(23)16(30)11-22(24,25)26/h4-8,15,17,27H,3,9-13H2,1-2H3/t15-,17+,21-,23+/m0/s1. The molecule has 0 radical (unpaired) electrons. The van der Waals surface area contributed by atoms with Crippen LogP contribution in [0.5, 0.6) is 0 Å². The average molecular weight is 563 g/mol.